The summed E-state index contributed by atoms with van der Waals surface area (Å²) in [7, 11) is 1.30. The summed E-state index contributed by atoms with van der Waals surface area (Å²) in [6.45, 7) is 0. The Morgan fingerprint density at radius 2 is 1.82 bits per heavy atom. The molecule has 9 heteroatoms. The van der Waals surface area contributed by atoms with Crippen molar-refractivity contribution in [3.8, 4) is 0 Å². The zero-order chi connectivity index (χ0) is 20.3. The fraction of sp³-hybridized carbons (Fsp3) is 0.579. The molecule has 150 valence electrons. The molecular formula is C19H22BrN3O4S. The van der Waals surface area contributed by atoms with Gasteiger partial charge in [-0.2, -0.15) is 0 Å². The van der Waals surface area contributed by atoms with E-state index in [1.807, 2.05) is 12.2 Å². The van der Waals surface area contributed by atoms with Gasteiger partial charge >= 0.3 is 5.97 Å². The summed E-state index contributed by atoms with van der Waals surface area (Å²) in [4.78, 5) is 43.2. The second-order valence-electron chi connectivity index (χ2n) is 8.08. The van der Waals surface area contributed by atoms with Gasteiger partial charge in [0.2, 0.25) is 11.8 Å². The second-order valence-corrected chi connectivity index (χ2v) is 10.5. The Hall–Kier alpha value is -1.74. The maximum atomic E-state index is 13.1. The van der Waals surface area contributed by atoms with Crippen LogP contribution in [0.25, 0.3) is 0 Å². The number of rotatable bonds is 7. The van der Waals surface area contributed by atoms with E-state index in [9.17, 15) is 14.4 Å². The van der Waals surface area contributed by atoms with Crippen molar-refractivity contribution in [2.75, 3.05) is 7.11 Å². The molecule has 1 spiro atoms. The van der Waals surface area contributed by atoms with Crippen LogP contribution in [0.4, 0.5) is 0 Å². The number of ether oxygens (including phenoxy) is 1. The van der Waals surface area contributed by atoms with Crippen molar-refractivity contribution in [3.63, 3.8) is 0 Å². The number of esters is 1. The molecule has 0 radical (unpaired) electrons. The van der Waals surface area contributed by atoms with Crippen LogP contribution in [0.5, 0.6) is 0 Å². The normalized spacial score (nSPS) is 33.9. The first-order valence-electron chi connectivity index (χ1n) is 9.20. The van der Waals surface area contributed by atoms with E-state index >= 15 is 0 Å². The maximum Gasteiger partial charge on any atom is 0.305 e. The summed E-state index contributed by atoms with van der Waals surface area (Å²) >= 11 is 4.76. The smallest absolute Gasteiger partial charge is 0.305 e. The van der Waals surface area contributed by atoms with Crippen molar-refractivity contribution in [1.29, 1.82) is 0 Å². The van der Waals surface area contributed by atoms with Gasteiger partial charge in [0.15, 0.2) is 3.92 Å². The van der Waals surface area contributed by atoms with Gasteiger partial charge < -0.3 is 16.2 Å². The summed E-state index contributed by atoms with van der Waals surface area (Å²) < 4.78 is 5.49. The molecule has 4 rings (SSSR count). The number of carbonyl (C=O) groups is 3. The Morgan fingerprint density at radius 1 is 1.21 bits per heavy atom. The maximum absolute atomic E-state index is 13.1. The number of thiazole rings is 1. The summed E-state index contributed by atoms with van der Waals surface area (Å²) in [5.74, 6) is -1.91. The van der Waals surface area contributed by atoms with Gasteiger partial charge in [-0.3, -0.25) is 14.4 Å². The molecule has 3 aliphatic carbocycles. The zero-order valence-corrected chi connectivity index (χ0v) is 17.8. The lowest BCUT2D eigenvalue weighted by Crippen LogP contribution is -2.60. The van der Waals surface area contributed by atoms with Crippen molar-refractivity contribution in [1.82, 2.24) is 4.98 Å². The molecule has 0 saturated heterocycles. The van der Waals surface area contributed by atoms with E-state index in [1.165, 1.54) is 18.4 Å². The van der Waals surface area contributed by atoms with E-state index in [0.717, 1.165) is 17.7 Å². The van der Waals surface area contributed by atoms with Crippen LogP contribution in [0.15, 0.2) is 22.3 Å². The number of nitrogens with zero attached hydrogens (tertiary/aromatic N) is 1. The van der Waals surface area contributed by atoms with E-state index in [0.29, 0.717) is 3.92 Å². The van der Waals surface area contributed by atoms with Crippen LogP contribution >= 0.6 is 27.3 Å². The highest BCUT2D eigenvalue weighted by Crippen LogP contribution is 2.81. The quantitative estimate of drug-likeness (QED) is 0.467. The minimum Gasteiger partial charge on any atom is -0.469 e. The van der Waals surface area contributed by atoms with Crippen molar-refractivity contribution >= 4 is 45.1 Å². The van der Waals surface area contributed by atoms with Crippen molar-refractivity contribution in [3.05, 3.63) is 27.1 Å². The predicted molar refractivity (Wildman–Crippen MR) is 106 cm³/mol. The van der Waals surface area contributed by atoms with Crippen LogP contribution in [0, 0.1) is 28.1 Å². The average Bonchev–Trinajstić information content (AvgIpc) is 3.14. The Kier molecular flexibility index (Phi) is 4.46. The Labute approximate surface area is 175 Å². The number of allylic oxidation sites excluding steroid dienone is 2. The fourth-order valence-electron chi connectivity index (χ4n) is 6.07. The molecule has 3 aliphatic rings. The van der Waals surface area contributed by atoms with Crippen molar-refractivity contribution in [2.24, 2.45) is 39.5 Å². The van der Waals surface area contributed by atoms with Gasteiger partial charge in [0.1, 0.15) is 0 Å². The number of amides is 2. The Balaban J connectivity index is 1.89. The minimum atomic E-state index is -1.22. The molecule has 2 bridgehead atoms. The molecular weight excluding hydrogens is 446 g/mol. The van der Waals surface area contributed by atoms with Gasteiger partial charge in [-0.15, -0.1) is 11.3 Å². The van der Waals surface area contributed by atoms with E-state index < -0.39 is 28.6 Å². The van der Waals surface area contributed by atoms with Gasteiger partial charge in [-0.1, -0.05) is 12.2 Å². The monoisotopic (exact) mass is 467 g/mol. The largest absolute Gasteiger partial charge is 0.469 e. The second kappa shape index (κ2) is 6.38. The van der Waals surface area contributed by atoms with Gasteiger partial charge in [-0.25, -0.2) is 4.98 Å². The number of carbonyl (C=O) groups excluding carboxylic acids is 3. The van der Waals surface area contributed by atoms with Crippen LogP contribution in [0.1, 0.15) is 30.6 Å². The van der Waals surface area contributed by atoms with Gasteiger partial charge in [0.05, 0.1) is 17.9 Å². The number of hydrogen-bond donors (Lipinski definition) is 2. The minimum absolute atomic E-state index is 0.00793. The number of aromatic nitrogens is 1. The lowest BCUT2D eigenvalue weighted by molar-refractivity contribution is -0.154. The number of hydrogen-bond acceptors (Lipinski definition) is 6. The summed E-state index contributed by atoms with van der Waals surface area (Å²) in [6, 6.07) is 0. The van der Waals surface area contributed by atoms with Gasteiger partial charge in [0, 0.05) is 17.5 Å². The first-order valence-corrected chi connectivity index (χ1v) is 10.8. The van der Waals surface area contributed by atoms with Crippen molar-refractivity contribution < 1.29 is 19.1 Å². The summed E-state index contributed by atoms with van der Waals surface area (Å²) in [6.07, 6.45) is 8.03. The Morgan fingerprint density at radius 3 is 2.29 bits per heavy atom. The summed E-state index contributed by atoms with van der Waals surface area (Å²) in [5.41, 5.74) is 9.49. The molecule has 2 saturated carbocycles. The number of methoxy groups -OCH3 is 1. The lowest BCUT2D eigenvalue weighted by Gasteiger charge is -2.47. The molecule has 0 aliphatic heterocycles. The zero-order valence-electron chi connectivity index (χ0n) is 15.4. The third kappa shape index (κ3) is 2.32. The molecule has 7 nitrogen and oxygen atoms in total. The van der Waals surface area contributed by atoms with E-state index in [2.05, 4.69) is 20.9 Å². The van der Waals surface area contributed by atoms with E-state index in [-0.39, 0.29) is 36.5 Å². The van der Waals surface area contributed by atoms with Crippen molar-refractivity contribution in [2.45, 2.75) is 32.1 Å². The highest BCUT2D eigenvalue weighted by atomic mass is 79.9. The molecule has 4 N–H and O–H groups in total. The third-order valence-corrected chi connectivity index (χ3v) is 8.71. The first-order chi connectivity index (χ1) is 13.2. The number of halogens is 1. The predicted octanol–water partition coefficient (Wildman–Crippen LogP) is 1.94. The lowest BCUT2D eigenvalue weighted by atomic mass is 9.53. The van der Waals surface area contributed by atoms with Crippen LogP contribution in [0.3, 0.4) is 0 Å². The molecule has 2 fully saturated rings. The molecule has 0 unspecified atom stereocenters. The van der Waals surface area contributed by atoms with Crippen LogP contribution in [0.2, 0.25) is 0 Å². The molecule has 1 heterocycles. The molecule has 28 heavy (non-hydrogen) atoms. The van der Waals surface area contributed by atoms with Crippen LogP contribution in [-0.4, -0.2) is 29.9 Å². The van der Waals surface area contributed by atoms with E-state index in [4.69, 9.17) is 16.2 Å². The fourth-order valence-corrected chi connectivity index (χ4v) is 7.53. The standard InChI is InChI=1S/C19H22BrN3O4S/c1-27-13(24)4-5-18(14(21)25)11-2-3-12(17(11)6-7-17)19(18,15(22)26)8-10-9-23-16(20)28-10/h2-3,9,11-12H,4-8H2,1H3,(H2,21,25)(H2,22,26)/t11-,12+,18+,19+/m1/s1. The average molecular weight is 468 g/mol. The van der Waals surface area contributed by atoms with Crippen LogP contribution in [-0.2, 0) is 25.5 Å². The third-order valence-electron chi connectivity index (χ3n) is 7.23. The van der Waals surface area contributed by atoms with E-state index in [1.54, 1.807) is 6.20 Å². The van der Waals surface area contributed by atoms with Crippen LogP contribution < -0.4 is 11.5 Å². The first kappa shape index (κ1) is 19.6. The van der Waals surface area contributed by atoms with Gasteiger partial charge in [0.25, 0.3) is 0 Å². The SMILES string of the molecule is COC(=O)CC[C@@]1(C(N)=O)[C@@H]2C=C[C@@H](C23CC3)[C@@]1(Cc1cnc(Br)s1)C(N)=O. The highest BCUT2D eigenvalue weighted by Gasteiger charge is 2.82. The van der Waals surface area contributed by atoms with Gasteiger partial charge in [-0.05, 0) is 58.9 Å². The molecule has 4 atom stereocenters. The summed E-state index contributed by atoms with van der Waals surface area (Å²) in [5, 5.41) is 0. The highest BCUT2D eigenvalue weighted by molar-refractivity contribution is 9.11. The molecule has 0 aromatic carbocycles. The molecule has 1 aromatic heterocycles. The molecule has 1 aromatic rings. The number of nitrogens with two attached hydrogens (primary N) is 2. The molecule has 2 amide bonds. The number of primary amides is 2. The topological polar surface area (TPSA) is 125 Å². The Bertz CT molecular complexity index is 895.